The van der Waals surface area contributed by atoms with Gasteiger partial charge in [0.1, 0.15) is 12.7 Å². The average molecular weight is 1130 g/mol. The Labute approximate surface area is 500 Å². The minimum absolute atomic E-state index is 0.0966. The number of allylic oxidation sites excluding steroid dienone is 1. The summed E-state index contributed by atoms with van der Waals surface area (Å²) in [6, 6.07) is 34.7. The first kappa shape index (κ1) is 55.6. The molecule has 19 unspecified atom stereocenters. The Bertz CT molecular complexity index is 3350. The van der Waals surface area contributed by atoms with Crippen LogP contribution in [0.25, 0.3) is 10.8 Å². The molecule has 84 heavy (non-hydrogen) atoms. The van der Waals surface area contributed by atoms with Crippen molar-refractivity contribution in [2.75, 3.05) is 6.61 Å². The van der Waals surface area contributed by atoms with Gasteiger partial charge < -0.3 is 24.8 Å². The lowest BCUT2D eigenvalue weighted by Crippen LogP contribution is -2.80. The Morgan fingerprint density at radius 3 is 2.35 bits per heavy atom. The molecule has 4 aromatic carbocycles. The summed E-state index contributed by atoms with van der Waals surface area (Å²) in [5, 5.41) is 46.5. The summed E-state index contributed by atoms with van der Waals surface area (Å²) < 4.78 is 13.0. The predicted octanol–water partition coefficient (Wildman–Crippen LogP) is 15.5. The van der Waals surface area contributed by atoms with Crippen molar-refractivity contribution in [3.05, 3.63) is 143 Å². The number of carbonyl (C=O) groups is 2. The third-order valence-corrected chi connectivity index (χ3v) is 27.0. The summed E-state index contributed by atoms with van der Waals surface area (Å²) in [5.74, 6) is 7.93. The monoisotopic (exact) mass is 1130 g/mol. The maximum Gasteiger partial charge on any atom is 0.331 e. The summed E-state index contributed by atoms with van der Waals surface area (Å²) in [6.07, 6.45) is 24.2. The van der Waals surface area contributed by atoms with Gasteiger partial charge >= 0.3 is 11.9 Å². The Kier molecular flexibility index (Phi) is 13.6. The van der Waals surface area contributed by atoms with Crippen LogP contribution < -0.4 is 0 Å². The number of hydrogen-bond acceptors (Lipinski definition) is 7. The Morgan fingerprint density at radius 1 is 0.750 bits per heavy atom. The van der Waals surface area contributed by atoms with Gasteiger partial charge in [-0.1, -0.05) is 155 Å². The van der Waals surface area contributed by atoms with Crippen molar-refractivity contribution in [1.29, 1.82) is 0 Å². The predicted molar refractivity (Wildman–Crippen MR) is 330 cm³/mol. The minimum Gasteiger partial charge on any atom is -0.462 e. The highest BCUT2D eigenvalue weighted by atomic mass is 16.5. The standard InChI is InChI=1S/C77H92O7/c1-49(17-14-20-50-18-6-4-7-19-50)43-53-27-29-56-24-10-12-36-73(56)38-16-35-71(2)47-62(84-70(73)81)68-72(3,39-34-63(78)77(68,69(53)80)76(71,82)42-31-51-44-64(79)83-48-51)57-33-41-74-40-32-54-46-75(55-22-8-5-9-23-55)37-13-11-26-60(75)59-30-28-52-21-15-25-58(61(74)45-57)65(52)66(59)67(54)74/h4-9,15,18-19,21-23,25,27-30,44,49,53-54,56-57,60-63,67-69,78,80,82H,10-14,17,20,24,26,31-34,36-43,45-48H2,1-3H3. The molecule has 442 valence electrons. The molecule has 0 saturated heterocycles. The van der Waals surface area contributed by atoms with Gasteiger partial charge in [0.2, 0.25) is 0 Å². The molecule has 8 aliphatic carbocycles. The first-order valence-electron chi connectivity index (χ1n) is 33.7. The lowest BCUT2D eigenvalue weighted by molar-refractivity contribution is -0.343. The molecule has 3 N–H and O–H groups in total. The summed E-state index contributed by atoms with van der Waals surface area (Å²) in [4.78, 5) is 28.8. The highest BCUT2D eigenvalue weighted by molar-refractivity contribution is 5.93. The molecule has 19 atom stereocenters. The maximum atomic E-state index is 16.0. The van der Waals surface area contributed by atoms with Crippen molar-refractivity contribution in [3.8, 4) is 11.8 Å². The van der Waals surface area contributed by atoms with Gasteiger partial charge in [-0.3, -0.25) is 4.79 Å². The van der Waals surface area contributed by atoms with E-state index >= 15 is 9.90 Å². The van der Waals surface area contributed by atoms with E-state index in [-0.39, 0.29) is 53.6 Å². The first-order valence-corrected chi connectivity index (χ1v) is 33.7. The van der Waals surface area contributed by atoms with E-state index in [0.717, 1.165) is 63.4 Å². The molecule has 3 aliphatic heterocycles. The summed E-state index contributed by atoms with van der Waals surface area (Å²) in [5.41, 5.74) is 2.73. The number of rotatable bonds is 11. The van der Waals surface area contributed by atoms with Crippen LogP contribution in [0.5, 0.6) is 0 Å². The summed E-state index contributed by atoms with van der Waals surface area (Å²) >= 11 is 0. The summed E-state index contributed by atoms with van der Waals surface area (Å²) in [6.45, 7) is 7.01. The number of benzene rings is 4. The van der Waals surface area contributed by atoms with Gasteiger partial charge in [-0.25, -0.2) is 4.79 Å². The molecule has 6 saturated carbocycles. The van der Waals surface area contributed by atoms with E-state index in [4.69, 9.17) is 9.47 Å². The van der Waals surface area contributed by atoms with Crippen LogP contribution in [0, 0.1) is 74.4 Å². The van der Waals surface area contributed by atoms with E-state index < -0.39 is 57.4 Å². The number of cyclic esters (lactones) is 1. The van der Waals surface area contributed by atoms with E-state index in [1.165, 1.54) is 66.8 Å². The van der Waals surface area contributed by atoms with Crippen LogP contribution in [-0.2, 0) is 30.9 Å². The van der Waals surface area contributed by atoms with Crippen LogP contribution in [0.1, 0.15) is 214 Å². The highest BCUT2D eigenvalue weighted by Gasteiger charge is 2.79. The van der Waals surface area contributed by atoms with Gasteiger partial charge in [-0.05, 0) is 212 Å². The number of carbonyl (C=O) groups excluding carboxylic acids is 2. The maximum absolute atomic E-state index is 16.0. The molecule has 15 rings (SSSR count). The Balaban J connectivity index is 0.886. The van der Waals surface area contributed by atoms with Gasteiger partial charge in [-0.15, -0.1) is 5.92 Å². The molecule has 0 radical (unpaired) electrons. The number of fused-ring (bicyclic) bond motifs is 5. The van der Waals surface area contributed by atoms with Gasteiger partial charge in [0.05, 0.1) is 34.1 Å². The van der Waals surface area contributed by atoms with Gasteiger partial charge in [0.15, 0.2) is 0 Å². The SMILES string of the molecule is CC(CCCc1ccccc1)CC1C=CC2CCCCC23CC#CC2(C)CC(OC3=O)C3C(C)(C4CCC56CCC7CC8(c9ccccc9)CCCCC8c8ccc9cccc(c9c8C75)C6C4)CCC(O)C3(C1O)C2(O)CCC1=CC(=O)OC1. The molecule has 2 spiro atoms. The lowest BCUT2D eigenvalue weighted by Gasteiger charge is -2.72. The molecule has 6 fully saturated rings. The largest absolute Gasteiger partial charge is 0.462 e. The third-order valence-electron chi connectivity index (χ3n) is 27.0. The first-order chi connectivity index (χ1) is 40.7. The number of aliphatic hydroxyl groups is 3. The van der Waals surface area contributed by atoms with Crippen LogP contribution in [0.2, 0.25) is 0 Å². The van der Waals surface area contributed by atoms with Crippen molar-refractivity contribution in [1.82, 2.24) is 0 Å². The number of hydrogen-bond donors (Lipinski definition) is 3. The fraction of sp³-hybridized carbons (Fsp3) is 0.610. The average Bonchev–Trinajstić information content (AvgIpc) is 0.967. The Hall–Kier alpha value is -5.00. The van der Waals surface area contributed by atoms with Crippen molar-refractivity contribution < 1.29 is 34.4 Å². The van der Waals surface area contributed by atoms with Crippen LogP contribution in [0.15, 0.2) is 115 Å². The molecule has 4 aromatic rings. The number of aliphatic hydroxyl groups excluding tert-OH is 2. The van der Waals surface area contributed by atoms with Crippen molar-refractivity contribution in [3.63, 3.8) is 0 Å². The number of aryl methyl sites for hydroxylation is 1. The minimum atomic E-state index is -1.79. The zero-order valence-electron chi connectivity index (χ0n) is 50.5. The van der Waals surface area contributed by atoms with Gasteiger partial charge in [0, 0.05) is 36.2 Å². The zero-order chi connectivity index (χ0) is 57.4. The van der Waals surface area contributed by atoms with Crippen molar-refractivity contribution >= 4 is 22.7 Å². The molecule has 4 bridgehead atoms. The Morgan fingerprint density at radius 2 is 1.54 bits per heavy atom. The topological polar surface area (TPSA) is 113 Å². The van der Waals surface area contributed by atoms with Crippen molar-refractivity contribution in [2.24, 2.45) is 62.6 Å². The van der Waals surface area contributed by atoms with Gasteiger partial charge in [0.25, 0.3) is 0 Å². The van der Waals surface area contributed by atoms with E-state index in [1.54, 1.807) is 22.8 Å². The quantitative estimate of drug-likeness (QED) is 0.0779. The smallest absolute Gasteiger partial charge is 0.331 e. The molecular formula is C77H92O7. The van der Waals surface area contributed by atoms with Crippen LogP contribution >= 0.6 is 0 Å². The lowest BCUT2D eigenvalue weighted by atomic mass is 9.34. The van der Waals surface area contributed by atoms with Crippen molar-refractivity contribution in [2.45, 2.75) is 222 Å². The van der Waals surface area contributed by atoms with E-state index in [9.17, 15) is 15.0 Å². The fourth-order valence-corrected chi connectivity index (χ4v) is 23.3. The summed E-state index contributed by atoms with van der Waals surface area (Å²) in [7, 11) is 0. The second kappa shape index (κ2) is 20.6. The molecule has 0 aromatic heterocycles. The van der Waals surface area contributed by atoms with Gasteiger partial charge in [-0.2, -0.15) is 0 Å². The fourth-order valence-electron chi connectivity index (χ4n) is 23.3. The highest BCUT2D eigenvalue weighted by Crippen LogP contribution is 2.78. The zero-order valence-corrected chi connectivity index (χ0v) is 50.5. The second-order valence-electron chi connectivity index (χ2n) is 30.5. The normalized spacial score (nSPS) is 42.7. The van der Waals surface area contributed by atoms with Crippen LogP contribution in [-0.4, -0.2) is 57.8 Å². The molecule has 3 heterocycles. The van der Waals surface area contributed by atoms with E-state index in [1.807, 2.05) is 0 Å². The van der Waals surface area contributed by atoms with E-state index in [0.29, 0.717) is 68.6 Å². The molecule has 7 nitrogen and oxygen atoms in total. The van der Waals surface area contributed by atoms with Crippen LogP contribution in [0.3, 0.4) is 0 Å². The molecule has 11 aliphatic rings. The van der Waals surface area contributed by atoms with E-state index in [2.05, 4.69) is 136 Å². The number of ether oxygens (including phenoxy) is 2. The molecular weight excluding hydrogens is 1040 g/mol. The second-order valence-corrected chi connectivity index (χ2v) is 30.5. The molecule has 7 heteroatoms. The number of esters is 2. The van der Waals surface area contributed by atoms with Crippen LogP contribution in [0.4, 0.5) is 0 Å². The third kappa shape index (κ3) is 7.99. The molecule has 0 amide bonds.